The first-order valence-electron chi connectivity index (χ1n) is 5.74. The van der Waals surface area contributed by atoms with Crippen LogP contribution >= 0.6 is 22.9 Å². The highest BCUT2D eigenvalue weighted by molar-refractivity contribution is 7.09. The summed E-state index contributed by atoms with van der Waals surface area (Å²) in [6.07, 6.45) is -3.14. The Bertz CT molecular complexity index is 631. The Kier molecular flexibility index (Phi) is 4.52. The van der Waals surface area contributed by atoms with Crippen LogP contribution in [0.2, 0.25) is 5.15 Å². The van der Waals surface area contributed by atoms with Crippen LogP contribution in [0.25, 0.3) is 0 Å². The zero-order valence-electron chi connectivity index (χ0n) is 11.1. The maximum absolute atomic E-state index is 12.5. The molecule has 21 heavy (non-hydrogen) atoms. The Morgan fingerprint density at radius 3 is 2.67 bits per heavy atom. The lowest BCUT2D eigenvalue weighted by Gasteiger charge is -2.19. The minimum atomic E-state index is -4.43. The molecule has 5 nitrogen and oxygen atoms in total. The molecular formula is C11H11ClF3N5S. The van der Waals surface area contributed by atoms with Crippen molar-refractivity contribution in [2.24, 2.45) is 0 Å². The molecule has 2 rings (SSSR count). The number of rotatable bonds is 4. The molecule has 0 amide bonds. The monoisotopic (exact) mass is 337 g/mol. The number of thiazole rings is 1. The Balaban J connectivity index is 2.20. The van der Waals surface area contributed by atoms with Crippen LogP contribution in [-0.4, -0.2) is 29.0 Å². The summed E-state index contributed by atoms with van der Waals surface area (Å²) < 4.78 is 37.5. The van der Waals surface area contributed by atoms with Crippen molar-refractivity contribution < 1.29 is 13.2 Å². The number of anilines is 2. The summed E-state index contributed by atoms with van der Waals surface area (Å²) >= 11 is 6.89. The van der Waals surface area contributed by atoms with Crippen LogP contribution in [0.3, 0.4) is 0 Å². The Hall–Kier alpha value is -1.61. The molecule has 2 aromatic rings. The van der Waals surface area contributed by atoms with Crippen molar-refractivity contribution in [3.8, 4) is 0 Å². The predicted octanol–water partition coefficient (Wildman–Crippen LogP) is 3.28. The lowest BCUT2D eigenvalue weighted by Crippen LogP contribution is -2.19. The van der Waals surface area contributed by atoms with Gasteiger partial charge in [-0.2, -0.15) is 13.2 Å². The van der Waals surface area contributed by atoms with Gasteiger partial charge in [-0.25, -0.2) is 15.0 Å². The summed E-state index contributed by atoms with van der Waals surface area (Å²) in [5.74, 6) is 0.487. The number of nitrogens with one attached hydrogen (secondary N) is 1. The van der Waals surface area contributed by atoms with Crippen molar-refractivity contribution in [3.63, 3.8) is 0 Å². The molecule has 0 fully saturated rings. The zero-order valence-corrected chi connectivity index (χ0v) is 12.6. The van der Waals surface area contributed by atoms with Crippen LogP contribution < -0.4 is 10.2 Å². The third-order valence-corrected chi connectivity index (χ3v) is 3.73. The van der Waals surface area contributed by atoms with Gasteiger partial charge in [-0.1, -0.05) is 11.6 Å². The third-order valence-electron chi connectivity index (χ3n) is 2.61. The van der Waals surface area contributed by atoms with Gasteiger partial charge in [0.15, 0.2) is 16.7 Å². The second-order valence-electron chi connectivity index (χ2n) is 4.09. The second-order valence-corrected chi connectivity index (χ2v) is 5.39. The molecule has 0 aliphatic rings. The van der Waals surface area contributed by atoms with E-state index in [0.29, 0.717) is 16.5 Å². The molecule has 0 radical (unpaired) electrons. The van der Waals surface area contributed by atoms with E-state index in [2.05, 4.69) is 20.3 Å². The van der Waals surface area contributed by atoms with E-state index in [1.165, 1.54) is 6.33 Å². The van der Waals surface area contributed by atoms with Crippen LogP contribution in [0.15, 0.2) is 11.7 Å². The molecular weight excluding hydrogens is 327 g/mol. The maximum atomic E-state index is 12.5. The largest absolute Gasteiger partial charge is 0.434 e. The van der Waals surface area contributed by atoms with Gasteiger partial charge in [0, 0.05) is 19.5 Å². The normalized spacial score (nSPS) is 11.5. The fraction of sp³-hybridized carbons (Fsp3) is 0.364. The number of nitrogens with zero attached hydrogens (tertiary/aromatic N) is 4. The van der Waals surface area contributed by atoms with Crippen LogP contribution in [0.1, 0.15) is 10.7 Å². The van der Waals surface area contributed by atoms with Crippen molar-refractivity contribution in [1.29, 1.82) is 0 Å². The van der Waals surface area contributed by atoms with E-state index in [4.69, 9.17) is 11.6 Å². The Morgan fingerprint density at radius 2 is 2.10 bits per heavy atom. The van der Waals surface area contributed by atoms with Crippen molar-refractivity contribution in [2.75, 3.05) is 24.3 Å². The number of alkyl halides is 3. The zero-order chi connectivity index (χ0) is 15.6. The Morgan fingerprint density at radius 1 is 1.38 bits per heavy atom. The molecule has 0 unspecified atom stereocenters. The molecule has 0 atom stereocenters. The molecule has 10 heteroatoms. The molecule has 2 heterocycles. The maximum Gasteiger partial charge on any atom is 0.434 e. The lowest BCUT2D eigenvalue weighted by atomic mass is 10.4. The molecule has 0 saturated carbocycles. The van der Waals surface area contributed by atoms with Crippen molar-refractivity contribution >= 4 is 34.4 Å². The van der Waals surface area contributed by atoms with Crippen molar-refractivity contribution in [3.05, 3.63) is 27.6 Å². The summed E-state index contributed by atoms with van der Waals surface area (Å²) in [5.41, 5.74) is -0.375. The van der Waals surface area contributed by atoms with E-state index in [0.717, 1.165) is 16.7 Å². The second kappa shape index (κ2) is 6.02. The number of halogens is 4. The summed E-state index contributed by atoms with van der Waals surface area (Å²) in [4.78, 5) is 13.2. The van der Waals surface area contributed by atoms with E-state index >= 15 is 0 Å². The molecule has 0 bridgehead atoms. The van der Waals surface area contributed by atoms with Gasteiger partial charge >= 0.3 is 6.18 Å². The first kappa shape index (κ1) is 15.8. The SMILES string of the molecule is CNc1c(Cl)ncnc1N(C)Cc1nc(C(F)(F)F)cs1. The summed E-state index contributed by atoms with van der Waals surface area (Å²) in [5, 5.41) is 4.43. The molecule has 0 saturated heterocycles. The predicted molar refractivity (Wildman–Crippen MR) is 75.8 cm³/mol. The molecule has 114 valence electrons. The van der Waals surface area contributed by atoms with E-state index in [9.17, 15) is 13.2 Å². The third kappa shape index (κ3) is 3.53. The van der Waals surface area contributed by atoms with Crippen molar-refractivity contribution in [2.45, 2.75) is 12.7 Å². The molecule has 0 aliphatic carbocycles. The molecule has 0 spiro atoms. The summed E-state index contributed by atoms with van der Waals surface area (Å²) in [7, 11) is 3.35. The minimum Gasteiger partial charge on any atom is -0.383 e. The smallest absolute Gasteiger partial charge is 0.383 e. The number of hydrogen-bond donors (Lipinski definition) is 1. The van der Waals surface area contributed by atoms with Crippen LogP contribution in [0, 0.1) is 0 Å². The Labute approximate surface area is 127 Å². The van der Waals surface area contributed by atoms with E-state index in [1.807, 2.05) is 0 Å². The van der Waals surface area contributed by atoms with Crippen molar-refractivity contribution in [1.82, 2.24) is 15.0 Å². The van der Waals surface area contributed by atoms with Gasteiger partial charge in [0.05, 0.1) is 6.54 Å². The topological polar surface area (TPSA) is 53.9 Å². The van der Waals surface area contributed by atoms with Crippen LogP contribution in [-0.2, 0) is 12.7 Å². The summed E-state index contributed by atoms with van der Waals surface area (Å²) in [6.45, 7) is 0.183. The lowest BCUT2D eigenvalue weighted by molar-refractivity contribution is -0.140. The van der Waals surface area contributed by atoms with Gasteiger partial charge in [0.25, 0.3) is 0 Å². The number of aromatic nitrogens is 3. The quantitative estimate of drug-likeness (QED) is 0.868. The van der Waals surface area contributed by atoms with Gasteiger partial charge in [-0.05, 0) is 0 Å². The molecule has 0 aromatic carbocycles. The van der Waals surface area contributed by atoms with Gasteiger partial charge in [-0.15, -0.1) is 11.3 Å². The average molecular weight is 338 g/mol. The fourth-order valence-corrected chi connectivity index (χ4v) is 2.73. The highest BCUT2D eigenvalue weighted by Crippen LogP contribution is 2.32. The van der Waals surface area contributed by atoms with Gasteiger partial charge < -0.3 is 10.2 Å². The highest BCUT2D eigenvalue weighted by atomic mass is 35.5. The first-order valence-corrected chi connectivity index (χ1v) is 6.99. The molecule has 2 aromatic heterocycles. The molecule has 1 N–H and O–H groups in total. The van der Waals surface area contributed by atoms with Gasteiger partial charge in [0.2, 0.25) is 0 Å². The van der Waals surface area contributed by atoms with Crippen LogP contribution in [0.5, 0.6) is 0 Å². The first-order chi connectivity index (χ1) is 9.82. The number of hydrogen-bond acceptors (Lipinski definition) is 6. The minimum absolute atomic E-state index is 0.183. The summed E-state index contributed by atoms with van der Waals surface area (Å²) in [6, 6.07) is 0. The van der Waals surface area contributed by atoms with Gasteiger partial charge in [-0.3, -0.25) is 0 Å². The van der Waals surface area contributed by atoms with Gasteiger partial charge in [0.1, 0.15) is 17.0 Å². The standard InChI is InChI=1S/C11H11ClF3N5S/c1-16-8-9(12)17-5-18-10(8)20(2)3-7-19-6(4-21-7)11(13,14)15/h4-5,16H,3H2,1-2H3. The van der Waals surface area contributed by atoms with Crippen LogP contribution in [0.4, 0.5) is 24.7 Å². The highest BCUT2D eigenvalue weighted by Gasteiger charge is 2.33. The van der Waals surface area contributed by atoms with E-state index in [-0.39, 0.29) is 11.7 Å². The molecule has 0 aliphatic heterocycles. The fourth-order valence-electron chi connectivity index (χ4n) is 1.65. The average Bonchev–Trinajstić information content (AvgIpc) is 2.86. The van der Waals surface area contributed by atoms with E-state index in [1.54, 1.807) is 19.0 Å². The van der Waals surface area contributed by atoms with E-state index < -0.39 is 11.9 Å².